The first kappa shape index (κ1) is 18.5. The van der Waals surface area contributed by atoms with Gasteiger partial charge in [0.15, 0.2) is 17.1 Å². The van der Waals surface area contributed by atoms with Gasteiger partial charge in [-0.3, -0.25) is 9.59 Å². The molecular weight excluding hydrogens is 344 g/mol. The molecule has 0 bridgehead atoms. The second-order valence-electron chi connectivity index (χ2n) is 6.10. The fourth-order valence-electron chi connectivity index (χ4n) is 2.76. The Morgan fingerprint density at radius 3 is 2.67 bits per heavy atom. The molecule has 0 unspecified atom stereocenters. The number of ether oxygens (including phenoxy) is 1. The van der Waals surface area contributed by atoms with Crippen LogP contribution in [0, 0.1) is 0 Å². The summed E-state index contributed by atoms with van der Waals surface area (Å²) in [4.78, 5) is 25.0. The maximum atomic E-state index is 12.6. The Labute approximate surface area is 157 Å². The van der Waals surface area contributed by atoms with E-state index in [1.807, 2.05) is 12.1 Å². The quantitative estimate of drug-likeness (QED) is 0.614. The SMILES string of the molecule is CCCCNC(=O)c1ccccc1NC(=O)c1cc2cccc(OC)c2o1. The minimum absolute atomic E-state index is 0.149. The van der Waals surface area contributed by atoms with Crippen LogP contribution in [0.15, 0.2) is 52.9 Å². The van der Waals surface area contributed by atoms with Crippen LogP contribution in [0.1, 0.15) is 40.7 Å². The second-order valence-corrected chi connectivity index (χ2v) is 6.10. The van der Waals surface area contributed by atoms with Crippen LogP contribution in [-0.2, 0) is 0 Å². The average molecular weight is 366 g/mol. The predicted molar refractivity (Wildman–Crippen MR) is 104 cm³/mol. The smallest absolute Gasteiger partial charge is 0.291 e. The number of unbranched alkanes of at least 4 members (excludes halogenated alkanes) is 1. The van der Waals surface area contributed by atoms with Crippen LogP contribution in [0.5, 0.6) is 5.75 Å². The van der Waals surface area contributed by atoms with Crippen molar-refractivity contribution in [1.29, 1.82) is 0 Å². The van der Waals surface area contributed by atoms with E-state index in [-0.39, 0.29) is 11.7 Å². The van der Waals surface area contributed by atoms with Crippen LogP contribution >= 0.6 is 0 Å². The van der Waals surface area contributed by atoms with E-state index in [1.54, 1.807) is 43.5 Å². The summed E-state index contributed by atoms with van der Waals surface area (Å²) < 4.78 is 10.9. The summed E-state index contributed by atoms with van der Waals surface area (Å²) in [6.45, 7) is 2.66. The highest BCUT2D eigenvalue weighted by molar-refractivity contribution is 6.09. The normalized spacial score (nSPS) is 10.6. The Kier molecular flexibility index (Phi) is 5.76. The van der Waals surface area contributed by atoms with E-state index in [1.165, 1.54) is 0 Å². The second kappa shape index (κ2) is 8.40. The highest BCUT2D eigenvalue weighted by atomic mass is 16.5. The third-order valence-corrected chi connectivity index (χ3v) is 4.19. The molecular formula is C21H22N2O4. The number of methoxy groups -OCH3 is 1. The largest absolute Gasteiger partial charge is 0.493 e. The average Bonchev–Trinajstić information content (AvgIpc) is 3.13. The van der Waals surface area contributed by atoms with E-state index in [4.69, 9.17) is 9.15 Å². The number of hydrogen-bond donors (Lipinski definition) is 2. The number of rotatable bonds is 7. The molecule has 27 heavy (non-hydrogen) atoms. The van der Waals surface area contributed by atoms with Gasteiger partial charge in [0, 0.05) is 11.9 Å². The Morgan fingerprint density at radius 1 is 1.07 bits per heavy atom. The van der Waals surface area contributed by atoms with Gasteiger partial charge in [-0.1, -0.05) is 37.6 Å². The zero-order valence-corrected chi connectivity index (χ0v) is 15.4. The monoisotopic (exact) mass is 366 g/mol. The standard InChI is InChI=1S/C21H22N2O4/c1-3-4-12-22-20(24)15-9-5-6-10-16(15)23-21(25)18-13-14-8-7-11-17(26-2)19(14)27-18/h5-11,13H,3-4,12H2,1-2H3,(H,22,24)(H,23,25). The maximum Gasteiger partial charge on any atom is 0.291 e. The lowest BCUT2D eigenvalue weighted by Gasteiger charge is -2.10. The molecule has 2 aromatic carbocycles. The summed E-state index contributed by atoms with van der Waals surface area (Å²) in [5.74, 6) is 0.0608. The number of amides is 2. The number of carbonyl (C=O) groups is 2. The molecule has 6 nitrogen and oxygen atoms in total. The van der Waals surface area contributed by atoms with Gasteiger partial charge in [0.1, 0.15) is 0 Å². The van der Waals surface area contributed by atoms with Crippen LogP contribution < -0.4 is 15.4 Å². The minimum atomic E-state index is -0.429. The van der Waals surface area contributed by atoms with Crippen LogP contribution in [0.3, 0.4) is 0 Å². The van der Waals surface area contributed by atoms with Crippen molar-refractivity contribution in [2.75, 3.05) is 19.0 Å². The summed E-state index contributed by atoms with van der Waals surface area (Å²) in [6.07, 6.45) is 1.90. The number of nitrogens with one attached hydrogen (secondary N) is 2. The summed E-state index contributed by atoms with van der Waals surface area (Å²) >= 11 is 0. The zero-order chi connectivity index (χ0) is 19.2. The highest BCUT2D eigenvalue weighted by Gasteiger charge is 2.18. The molecule has 0 atom stereocenters. The summed E-state index contributed by atoms with van der Waals surface area (Å²) in [7, 11) is 1.55. The van der Waals surface area contributed by atoms with Crippen molar-refractivity contribution in [1.82, 2.24) is 5.32 Å². The van der Waals surface area contributed by atoms with Gasteiger partial charge in [-0.25, -0.2) is 0 Å². The van der Waals surface area contributed by atoms with Crippen molar-refractivity contribution in [3.8, 4) is 5.75 Å². The van der Waals surface area contributed by atoms with Crippen molar-refractivity contribution >= 4 is 28.5 Å². The predicted octanol–water partition coefficient (Wildman–Crippen LogP) is 4.22. The number of hydrogen-bond acceptors (Lipinski definition) is 4. The molecule has 0 fully saturated rings. The van der Waals surface area contributed by atoms with Gasteiger partial charge >= 0.3 is 0 Å². The fraction of sp³-hybridized carbons (Fsp3) is 0.238. The van der Waals surface area contributed by atoms with Gasteiger partial charge < -0.3 is 19.8 Å². The lowest BCUT2D eigenvalue weighted by molar-refractivity contribution is 0.0954. The molecule has 0 radical (unpaired) electrons. The Hall–Kier alpha value is -3.28. The van der Waals surface area contributed by atoms with Crippen molar-refractivity contribution in [3.63, 3.8) is 0 Å². The molecule has 0 saturated carbocycles. The van der Waals surface area contributed by atoms with E-state index < -0.39 is 5.91 Å². The molecule has 6 heteroatoms. The van der Waals surface area contributed by atoms with E-state index in [0.29, 0.717) is 29.1 Å². The molecule has 3 rings (SSSR count). The van der Waals surface area contributed by atoms with Gasteiger partial charge in [-0.05, 0) is 30.7 Å². The van der Waals surface area contributed by atoms with Crippen molar-refractivity contribution in [2.24, 2.45) is 0 Å². The van der Waals surface area contributed by atoms with Gasteiger partial charge in [0.2, 0.25) is 0 Å². The van der Waals surface area contributed by atoms with E-state index in [0.717, 1.165) is 18.2 Å². The van der Waals surface area contributed by atoms with E-state index >= 15 is 0 Å². The number of benzene rings is 2. The number of anilines is 1. The number of furan rings is 1. The number of fused-ring (bicyclic) bond motifs is 1. The van der Waals surface area contributed by atoms with Crippen molar-refractivity contribution in [2.45, 2.75) is 19.8 Å². The molecule has 0 aliphatic heterocycles. The van der Waals surface area contributed by atoms with Crippen molar-refractivity contribution in [3.05, 3.63) is 59.9 Å². The van der Waals surface area contributed by atoms with Crippen LogP contribution in [0.2, 0.25) is 0 Å². The molecule has 2 amide bonds. The van der Waals surface area contributed by atoms with Gasteiger partial charge in [-0.2, -0.15) is 0 Å². The zero-order valence-electron chi connectivity index (χ0n) is 15.4. The summed E-state index contributed by atoms with van der Waals surface area (Å²) in [5, 5.41) is 6.39. The summed E-state index contributed by atoms with van der Waals surface area (Å²) in [5.41, 5.74) is 1.36. The fourth-order valence-corrected chi connectivity index (χ4v) is 2.76. The molecule has 0 saturated heterocycles. The van der Waals surface area contributed by atoms with Crippen LogP contribution in [0.4, 0.5) is 5.69 Å². The molecule has 1 heterocycles. The molecule has 1 aromatic heterocycles. The first-order valence-electron chi connectivity index (χ1n) is 8.89. The Balaban J connectivity index is 1.81. The Morgan fingerprint density at radius 2 is 1.89 bits per heavy atom. The third kappa shape index (κ3) is 4.11. The first-order valence-corrected chi connectivity index (χ1v) is 8.89. The molecule has 0 aliphatic rings. The van der Waals surface area contributed by atoms with E-state index in [9.17, 15) is 9.59 Å². The topological polar surface area (TPSA) is 80.6 Å². The van der Waals surface area contributed by atoms with Crippen LogP contribution in [0.25, 0.3) is 11.0 Å². The molecule has 140 valence electrons. The maximum absolute atomic E-state index is 12.6. The lowest BCUT2D eigenvalue weighted by atomic mass is 10.1. The van der Waals surface area contributed by atoms with E-state index in [2.05, 4.69) is 17.6 Å². The molecule has 0 spiro atoms. The molecule has 0 aliphatic carbocycles. The lowest BCUT2D eigenvalue weighted by Crippen LogP contribution is -2.26. The first-order chi connectivity index (χ1) is 13.1. The number of carbonyl (C=O) groups excluding carboxylic acids is 2. The highest BCUT2D eigenvalue weighted by Crippen LogP contribution is 2.29. The summed E-state index contributed by atoms with van der Waals surface area (Å²) in [6, 6.07) is 14.0. The Bertz CT molecular complexity index is 962. The minimum Gasteiger partial charge on any atom is -0.493 e. The van der Waals surface area contributed by atoms with Crippen molar-refractivity contribution < 1.29 is 18.7 Å². The number of para-hydroxylation sites is 2. The van der Waals surface area contributed by atoms with Gasteiger partial charge in [0.25, 0.3) is 11.8 Å². The van der Waals surface area contributed by atoms with Gasteiger partial charge in [-0.15, -0.1) is 0 Å². The molecule has 3 aromatic rings. The van der Waals surface area contributed by atoms with Gasteiger partial charge in [0.05, 0.1) is 18.4 Å². The molecule has 2 N–H and O–H groups in total. The van der Waals surface area contributed by atoms with Crippen LogP contribution in [-0.4, -0.2) is 25.5 Å². The third-order valence-electron chi connectivity index (χ3n) is 4.19.